The van der Waals surface area contributed by atoms with Crippen LogP contribution in [0.25, 0.3) is 16.9 Å². The van der Waals surface area contributed by atoms with Crippen molar-refractivity contribution in [3.8, 4) is 11.3 Å². The summed E-state index contributed by atoms with van der Waals surface area (Å²) in [5.41, 5.74) is 6.41. The van der Waals surface area contributed by atoms with Gasteiger partial charge in [0.15, 0.2) is 11.5 Å². The van der Waals surface area contributed by atoms with E-state index in [1.807, 2.05) is 67.0 Å². The monoisotopic (exact) mass is 412 g/mol. The topological polar surface area (TPSA) is 79.5 Å². The molecule has 1 aliphatic carbocycles. The maximum Gasteiger partial charge on any atom is 0.180 e. The first-order valence-electron chi connectivity index (χ1n) is 10.4. The SMILES string of the molecule is CC(C)(CO)c1ccc(Nc2nc(-c3ccc4c(c3)CC(=O)C4)cn3ccnc23)cc1. The van der Waals surface area contributed by atoms with Gasteiger partial charge in [0.2, 0.25) is 0 Å². The number of aromatic nitrogens is 3. The molecule has 156 valence electrons. The summed E-state index contributed by atoms with van der Waals surface area (Å²) in [6.07, 6.45) is 6.63. The van der Waals surface area contributed by atoms with E-state index in [4.69, 9.17) is 4.98 Å². The Hall–Kier alpha value is -3.51. The molecule has 0 aliphatic heterocycles. The van der Waals surface area contributed by atoms with Gasteiger partial charge >= 0.3 is 0 Å². The van der Waals surface area contributed by atoms with E-state index in [1.54, 1.807) is 6.20 Å². The van der Waals surface area contributed by atoms with Crippen LogP contribution in [0.1, 0.15) is 30.5 Å². The Morgan fingerprint density at radius 1 is 1.10 bits per heavy atom. The first-order valence-corrected chi connectivity index (χ1v) is 10.4. The van der Waals surface area contributed by atoms with Crippen LogP contribution in [-0.4, -0.2) is 31.9 Å². The van der Waals surface area contributed by atoms with E-state index in [1.165, 1.54) is 0 Å². The van der Waals surface area contributed by atoms with Crippen molar-refractivity contribution >= 4 is 22.9 Å². The second-order valence-corrected chi connectivity index (χ2v) is 8.75. The number of aliphatic hydroxyl groups is 1. The number of carbonyl (C=O) groups is 1. The van der Waals surface area contributed by atoms with Crippen LogP contribution in [0.2, 0.25) is 0 Å². The second kappa shape index (κ2) is 7.32. The van der Waals surface area contributed by atoms with Gasteiger partial charge in [-0.25, -0.2) is 9.97 Å². The minimum atomic E-state index is -0.290. The summed E-state index contributed by atoms with van der Waals surface area (Å²) >= 11 is 0. The van der Waals surface area contributed by atoms with Crippen LogP contribution in [0.4, 0.5) is 11.5 Å². The second-order valence-electron chi connectivity index (χ2n) is 8.75. The molecule has 0 spiro atoms. The number of hydrogen-bond acceptors (Lipinski definition) is 5. The first kappa shape index (κ1) is 19.5. The zero-order valence-electron chi connectivity index (χ0n) is 17.6. The summed E-state index contributed by atoms with van der Waals surface area (Å²) in [5.74, 6) is 0.925. The number of anilines is 2. The van der Waals surface area contributed by atoms with Crippen molar-refractivity contribution < 1.29 is 9.90 Å². The minimum Gasteiger partial charge on any atom is -0.395 e. The average molecular weight is 412 g/mol. The molecule has 6 nitrogen and oxygen atoms in total. The molecule has 0 amide bonds. The van der Waals surface area contributed by atoms with Crippen molar-refractivity contribution in [1.82, 2.24) is 14.4 Å². The van der Waals surface area contributed by atoms with Crippen molar-refractivity contribution in [1.29, 1.82) is 0 Å². The molecular formula is C25H24N4O2. The van der Waals surface area contributed by atoms with Crippen molar-refractivity contribution in [2.75, 3.05) is 11.9 Å². The molecule has 2 N–H and O–H groups in total. The molecule has 4 aromatic rings. The third-order valence-electron chi connectivity index (χ3n) is 5.98. The molecule has 0 saturated heterocycles. The van der Waals surface area contributed by atoms with E-state index in [2.05, 4.69) is 16.4 Å². The highest BCUT2D eigenvalue weighted by Gasteiger charge is 2.20. The van der Waals surface area contributed by atoms with Crippen molar-refractivity contribution in [2.24, 2.45) is 0 Å². The standard InChI is InChI=1S/C25H24N4O2/c1-25(2,15-30)19-5-7-20(8-6-19)27-23-24-26-9-10-29(24)14-22(28-23)17-4-3-16-12-21(31)13-18(16)11-17/h3-11,14,30H,12-13,15H2,1-2H3,(H,27,28). The van der Waals surface area contributed by atoms with Gasteiger partial charge in [0.05, 0.1) is 12.3 Å². The van der Waals surface area contributed by atoms with Gasteiger partial charge in [0.1, 0.15) is 5.78 Å². The Bertz CT molecular complexity index is 1290. The fraction of sp³-hybridized carbons (Fsp3) is 0.240. The predicted octanol–water partition coefficient (Wildman–Crippen LogP) is 4.08. The smallest absolute Gasteiger partial charge is 0.180 e. The Morgan fingerprint density at radius 2 is 1.87 bits per heavy atom. The van der Waals surface area contributed by atoms with Gasteiger partial charge < -0.3 is 14.8 Å². The highest BCUT2D eigenvalue weighted by atomic mass is 16.3. The normalized spacial score (nSPS) is 13.6. The maximum atomic E-state index is 11.8. The van der Waals surface area contributed by atoms with Crippen LogP contribution < -0.4 is 5.32 Å². The molecule has 0 unspecified atom stereocenters. The van der Waals surface area contributed by atoms with Crippen LogP contribution in [0, 0.1) is 0 Å². The summed E-state index contributed by atoms with van der Waals surface area (Å²) in [6, 6.07) is 14.1. The number of rotatable bonds is 5. The van der Waals surface area contributed by atoms with E-state index in [0.29, 0.717) is 18.7 Å². The summed E-state index contributed by atoms with van der Waals surface area (Å²) < 4.78 is 1.95. The lowest BCUT2D eigenvalue weighted by Gasteiger charge is -2.22. The predicted molar refractivity (Wildman–Crippen MR) is 121 cm³/mol. The quantitative estimate of drug-likeness (QED) is 0.516. The Morgan fingerprint density at radius 3 is 2.65 bits per heavy atom. The number of imidazole rings is 1. The highest BCUT2D eigenvalue weighted by Crippen LogP contribution is 2.29. The van der Waals surface area contributed by atoms with Gasteiger partial charge in [-0.3, -0.25) is 4.79 Å². The highest BCUT2D eigenvalue weighted by molar-refractivity contribution is 5.88. The molecule has 0 saturated carbocycles. The average Bonchev–Trinajstić information content (AvgIpc) is 3.39. The number of nitrogens with one attached hydrogen (secondary N) is 1. The van der Waals surface area contributed by atoms with Crippen LogP contribution in [0.3, 0.4) is 0 Å². The van der Waals surface area contributed by atoms with Gasteiger partial charge in [-0.1, -0.05) is 38.1 Å². The van der Waals surface area contributed by atoms with E-state index >= 15 is 0 Å². The lowest BCUT2D eigenvalue weighted by molar-refractivity contribution is -0.117. The summed E-state index contributed by atoms with van der Waals surface area (Å²) in [4.78, 5) is 21.1. The van der Waals surface area contributed by atoms with Crippen molar-refractivity contribution in [3.63, 3.8) is 0 Å². The van der Waals surface area contributed by atoms with E-state index in [0.717, 1.165) is 39.3 Å². The van der Waals surface area contributed by atoms with Crippen LogP contribution in [0.15, 0.2) is 61.1 Å². The van der Waals surface area contributed by atoms with Gasteiger partial charge in [-0.15, -0.1) is 0 Å². The van der Waals surface area contributed by atoms with Gasteiger partial charge in [0.25, 0.3) is 0 Å². The summed E-state index contributed by atoms with van der Waals surface area (Å²) in [7, 11) is 0. The molecule has 2 aromatic heterocycles. The van der Waals surface area contributed by atoms with Crippen LogP contribution >= 0.6 is 0 Å². The number of nitrogens with zero attached hydrogens (tertiary/aromatic N) is 3. The van der Waals surface area contributed by atoms with Crippen LogP contribution in [0.5, 0.6) is 0 Å². The lowest BCUT2D eigenvalue weighted by Crippen LogP contribution is -2.21. The van der Waals surface area contributed by atoms with E-state index < -0.39 is 0 Å². The van der Waals surface area contributed by atoms with Gasteiger partial charge in [0, 0.05) is 48.1 Å². The van der Waals surface area contributed by atoms with E-state index in [9.17, 15) is 9.90 Å². The molecule has 0 bridgehead atoms. The molecule has 0 radical (unpaired) electrons. The fourth-order valence-electron chi connectivity index (χ4n) is 4.00. The Balaban J connectivity index is 1.51. The number of aliphatic hydroxyl groups excluding tert-OH is 1. The number of carbonyl (C=O) groups excluding carboxylic acids is 1. The zero-order valence-corrected chi connectivity index (χ0v) is 17.6. The van der Waals surface area contributed by atoms with Crippen molar-refractivity contribution in [2.45, 2.75) is 32.1 Å². The van der Waals surface area contributed by atoms with Crippen molar-refractivity contribution in [3.05, 3.63) is 77.7 Å². The van der Waals surface area contributed by atoms with Crippen LogP contribution in [-0.2, 0) is 23.1 Å². The third kappa shape index (κ3) is 3.59. The number of fused-ring (bicyclic) bond motifs is 2. The molecule has 1 aliphatic rings. The minimum absolute atomic E-state index is 0.0877. The molecule has 2 heterocycles. The first-order chi connectivity index (χ1) is 14.9. The molecule has 5 rings (SSSR count). The summed E-state index contributed by atoms with van der Waals surface area (Å²) in [5, 5.41) is 13.0. The number of Topliss-reactive ketones (excluding diaryl/α,β-unsaturated/α-hetero) is 1. The van der Waals surface area contributed by atoms with E-state index in [-0.39, 0.29) is 17.8 Å². The largest absolute Gasteiger partial charge is 0.395 e. The molecule has 2 aromatic carbocycles. The Labute approximate surface area is 180 Å². The number of ketones is 1. The number of hydrogen-bond donors (Lipinski definition) is 2. The molecule has 31 heavy (non-hydrogen) atoms. The molecule has 0 atom stereocenters. The molecule has 6 heteroatoms. The summed E-state index contributed by atoms with van der Waals surface area (Å²) in [6.45, 7) is 4.11. The lowest BCUT2D eigenvalue weighted by atomic mass is 9.85. The third-order valence-corrected chi connectivity index (χ3v) is 5.98. The molecule has 0 fully saturated rings. The maximum absolute atomic E-state index is 11.8. The van der Waals surface area contributed by atoms with Gasteiger partial charge in [-0.2, -0.15) is 0 Å². The Kier molecular flexibility index (Phi) is 4.59. The zero-order chi connectivity index (χ0) is 21.6. The number of benzene rings is 2. The van der Waals surface area contributed by atoms with Gasteiger partial charge in [-0.05, 0) is 34.9 Å². The fourth-order valence-corrected chi connectivity index (χ4v) is 4.00. The molecular weight excluding hydrogens is 388 g/mol.